The Labute approximate surface area is 172 Å². The summed E-state index contributed by atoms with van der Waals surface area (Å²) in [6.45, 7) is 0.279. The molecule has 7 heteroatoms. The third kappa shape index (κ3) is 4.02. The summed E-state index contributed by atoms with van der Waals surface area (Å²) in [6.07, 6.45) is 1.57. The van der Waals surface area contributed by atoms with Gasteiger partial charge in [-0.1, -0.05) is 29.8 Å². The van der Waals surface area contributed by atoms with Crippen LogP contribution in [-0.2, 0) is 6.54 Å². The Kier molecular flexibility index (Phi) is 5.35. The van der Waals surface area contributed by atoms with Gasteiger partial charge in [0, 0.05) is 5.56 Å². The molecule has 2 heterocycles. The Balaban J connectivity index is 1.72. The fraction of sp³-hybridized carbons (Fsp3) is 0.0909. The zero-order valence-electron chi connectivity index (χ0n) is 15.6. The lowest BCUT2D eigenvalue weighted by molar-refractivity contribution is 0.0940. The van der Waals surface area contributed by atoms with Gasteiger partial charge >= 0.3 is 0 Å². The molecule has 0 saturated carbocycles. The van der Waals surface area contributed by atoms with Crippen LogP contribution >= 0.6 is 11.6 Å². The van der Waals surface area contributed by atoms with Crippen molar-refractivity contribution in [2.24, 2.45) is 0 Å². The smallest absolute Gasteiger partial charge is 0.270 e. The SMILES string of the molecule is COc1ccc(-n2nc(-c3ccccc3Cl)cc2C(=O)NCc2ccco2)cc1. The number of halogens is 1. The van der Waals surface area contributed by atoms with E-state index in [1.807, 2.05) is 42.5 Å². The molecule has 2 aromatic carbocycles. The number of hydrogen-bond acceptors (Lipinski definition) is 4. The molecule has 4 rings (SSSR count). The molecule has 0 spiro atoms. The molecule has 4 aromatic rings. The van der Waals surface area contributed by atoms with Crippen LogP contribution < -0.4 is 10.1 Å². The number of furan rings is 1. The fourth-order valence-electron chi connectivity index (χ4n) is 2.93. The summed E-state index contributed by atoms with van der Waals surface area (Å²) in [6, 6.07) is 20.0. The highest BCUT2D eigenvalue weighted by atomic mass is 35.5. The van der Waals surface area contributed by atoms with Gasteiger partial charge in [-0.15, -0.1) is 0 Å². The van der Waals surface area contributed by atoms with Gasteiger partial charge in [-0.3, -0.25) is 4.79 Å². The van der Waals surface area contributed by atoms with E-state index in [1.54, 1.807) is 42.3 Å². The molecule has 6 nitrogen and oxygen atoms in total. The Morgan fingerprint density at radius 2 is 1.93 bits per heavy atom. The van der Waals surface area contributed by atoms with Crippen LogP contribution in [0.3, 0.4) is 0 Å². The first-order chi connectivity index (χ1) is 14.2. The number of carbonyl (C=O) groups is 1. The number of aromatic nitrogens is 2. The molecule has 0 fully saturated rings. The Morgan fingerprint density at radius 3 is 2.62 bits per heavy atom. The highest BCUT2D eigenvalue weighted by Crippen LogP contribution is 2.28. The van der Waals surface area contributed by atoms with E-state index in [2.05, 4.69) is 10.4 Å². The highest BCUT2D eigenvalue weighted by Gasteiger charge is 2.19. The van der Waals surface area contributed by atoms with E-state index in [-0.39, 0.29) is 12.5 Å². The summed E-state index contributed by atoms with van der Waals surface area (Å²) in [7, 11) is 1.60. The van der Waals surface area contributed by atoms with Gasteiger partial charge in [0.15, 0.2) is 0 Å². The lowest BCUT2D eigenvalue weighted by Gasteiger charge is -2.08. The summed E-state index contributed by atoms with van der Waals surface area (Å²) >= 11 is 6.34. The molecule has 29 heavy (non-hydrogen) atoms. The molecule has 2 aromatic heterocycles. The molecule has 0 aliphatic rings. The molecule has 0 atom stereocenters. The molecule has 0 radical (unpaired) electrons. The van der Waals surface area contributed by atoms with Crippen LogP contribution in [0.5, 0.6) is 5.75 Å². The summed E-state index contributed by atoms with van der Waals surface area (Å²) in [5.74, 6) is 1.11. The molecule has 0 aliphatic heterocycles. The van der Waals surface area contributed by atoms with Gasteiger partial charge in [-0.05, 0) is 48.5 Å². The fourth-order valence-corrected chi connectivity index (χ4v) is 3.17. The van der Waals surface area contributed by atoms with Gasteiger partial charge in [-0.2, -0.15) is 5.10 Å². The average Bonchev–Trinajstić information content (AvgIpc) is 3.43. The molecule has 0 saturated heterocycles. The van der Waals surface area contributed by atoms with Crippen LogP contribution in [-0.4, -0.2) is 22.8 Å². The minimum Gasteiger partial charge on any atom is -0.497 e. The van der Waals surface area contributed by atoms with Gasteiger partial charge in [0.2, 0.25) is 0 Å². The van der Waals surface area contributed by atoms with Crippen molar-refractivity contribution < 1.29 is 13.9 Å². The highest BCUT2D eigenvalue weighted by molar-refractivity contribution is 6.33. The second kappa shape index (κ2) is 8.24. The summed E-state index contributed by atoms with van der Waals surface area (Å²) < 4.78 is 12.1. The van der Waals surface area contributed by atoms with Crippen LogP contribution in [0.1, 0.15) is 16.2 Å². The van der Waals surface area contributed by atoms with Crippen molar-refractivity contribution >= 4 is 17.5 Å². The summed E-state index contributed by atoms with van der Waals surface area (Å²) in [4.78, 5) is 12.9. The average molecular weight is 408 g/mol. The molecular formula is C22H18ClN3O3. The van der Waals surface area contributed by atoms with Crippen molar-refractivity contribution in [1.29, 1.82) is 0 Å². The number of nitrogens with one attached hydrogen (secondary N) is 1. The van der Waals surface area contributed by atoms with E-state index in [0.29, 0.717) is 22.2 Å². The standard InChI is InChI=1S/C22H18ClN3O3/c1-28-16-10-8-15(9-11-16)26-21(22(27)24-14-17-5-4-12-29-17)13-20(25-26)18-6-2-3-7-19(18)23/h2-13H,14H2,1H3,(H,24,27). The number of amides is 1. The maximum atomic E-state index is 12.9. The number of methoxy groups -OCH3 is 1. The maximum Gasteiger partial charge on any atom is 0.270 e. The lowest BCUT2D eigenvalue weighted by atomic mass is 10.1. The molecule has 1 amide bonds. The Morgan fingerprint density at radius 1 is 1.14 bits per heavy atom. The largest absolute Gasteiger partial charge is 0.497 e. The van der Waals surface area contributed by atoms with E-state index in [9.17, 15) is 4.79 Å². The van der Waals surface area contributed by atoms with Crippen LogP contribution in [0.2, 0.25) is 5.02 Å². The van der Waals surface area contributed by atoms with E-state index >= 15 is 0 Å². The number of nitrogens with zero attached hydrogens (tertiary/aromatic N) is 2. The first-order valence-corrected chi connectivity index (χ1v) is 9.33. The van der Waals surface area contributed by atoms with Gasteiger partial charge in [0.1, 0.15) is 17.2 Å². The topological polar surface area (TPSA) is 69.3 Å². The van der Waals surface area contributed by atoms with E-state index < -0.39 is 0 Å². The molecular weight excluding hydrogens is 390 g/mol. The zero-order chi connectivity index (χ0) is 20.2. The number of carbonyl (C=O) groups excluding carboxylic acids is 1. The van der Waals surface area contributed by atoms with Crippen molar-refractivity contribution in [3.05, 3.63) is 89.5 Å². The molecule has 0 unspecified atom stereocenters. The second-order valence-corrected chi connectivity index (χ2v) is 6.67. The number of ether oxygens (including phenoxy) is 1. The van der Waals surface area contributed by atoms with Crippen molar-refractivity contribution in [2.75, 3.05) is 7.11 Å². The second-order valence-electron chi connectivity index (χ2n) is 6.27. The molecule has 0 aliphatic carbocycles. The van der Waals surface area contributed by atoms with E-state index in [0.717, 1.165) is 17.0 Å². The predicted octanol–water partition coefficient (Wildman–Crippen LogP) is 4.72. The van der Waals surface area contributed by atoms with Crippen molar-refractivity contribution in [2.45, 2.75) is 6.54 Å². The van der Waals surface area contributed by atoms with Gasteiger partial charge < -0.3 is 14.5 Å². The van der Waals surface area contributed by atoms with Crippen molar-refractivity contribution in [3.8, 4) is 22.7 Å². The van der Waals surface area contributed by atoms with Gasteiger partial charge in [0.25, 0.3) is 5.91 Å². The van der Waals surface area contributed by atoms with E-state index in [4.69, 9.17) is 20.8 Å². The Bertz CT molecular complexity index is 1120. The number of hydrogen-bond donors (Lipinski definition) is 1. The van der Waals surface area contributed by atoms with E-state index in [1.165, 1.54) is 0 Å². The predicted molar refractivity (Wildman–Crippen MR) is 110 cm³/mol. The maximum absolute atomic E-state index is 12.9. The first-order valence-electron chi connectivity index (χ1n) is 8.95. The van der Waals surface area contributed by atoms with Crippen LogP contribution in [0.25, 0.3) is 16.9 Å². The third-order valence-electron chi connectivity index (χ3n) is 4.41. The van der Waals surface area contributed by atoms with Crippen molar-refractivity contribution in [1.82, 2.24) is 15.1 Å². The summed E-state index contributed by atoms with van der Waals surface area (Å²) in [5, 5.41) is 8.07. The zero-order valence-corrected chi connectivity index (χ0v) is 16.4. The molecule has 1 N–H and O–H groups in total. The quantitative estimate of drug-likeness (QED) is 0.502. The normalized spacial score (nSPS) is 10.7. The van der Waals surface area contributed by atoms with Crippen LogP contribution in [0, 0.1) is 0 Å². The Hall–Kier alpha value is -3.51. The number of benzene rings is 2. The molecule has 0 bridgehead atoms. The summed E-state index contributed by atoms with van der Waals surface area (Å²) in [5.41, 5.74) is 2.47. The third-order valence-corrected chi connectivity index (χ3v) is 4.74. The minimum atomic E-state index is -0.275. The first kappa shape index (κ1) is 18.8. The van der Waals surface area contributed by atoms with Crippen molar-refractivity contribution in [3.63, 3.8) is 0 Å². The van der Waals surface area contributed by atoms with Crippen LogP contribution in [0.4, 0.5) is 0 Å². The van der Waals surface area contributed by atoms with Gasteiger partial charge in [0.05, 0.1) is 36.3 Å². The monoisotopic (exact) mass is 407 g/mol. The lowest BCUT2D eigenvalue weighted by Crippen LogP contribution is -2.25. The molecule has 146 valence electrons. The van der Waals surface area contributed by atoms with Crippen LogP contribution in [0.15, 0.2) is 77.4 Å². The van der Waals surface area contributed by atoms with Gasteiger partial charge in [-0.25, -0.2) is 4.68 Å². The minimum absolute atomic E-state index is 0.275. The number of rotatable bonds is 6.